The second kappa shape index (κ2) is 6.54. The average Bonchev–Trinajstić information content (AvgIpc) is 2.97. The molecule has 0 unspecified atom stereocenters. The fourth-order valence-corrected chi connectivity index (χ4v) is 2.91. The maximum atomic E-state index is 11.4. The van der Waals surface area contributed by atoms with Crippen LogP contribution in [0.4, 0.5) is 0 Å². The number of nitrogens with zero attached hydrogens (tertiary/aromatic N) is 4. The Morgan fingerprint density at radius 1 is 1.23 bits per heavy atom. The summed E-state index contributed by atoms with van der Waals surface area (Å²) in [6.07, 6.45) is 3.05. The van der Waals surface area contributed by atoms with Crippen LogP contribution in [-0.2, 0) is 17.1 Å². The van der Waals surface area contributed by atoms with Crippen molar-refractivity contribution in [3.63, 3.8) is 0 Å². The van der Waals surface area contributed by atoms with Crippen molar-refractivity contribution in [1.82, 2.24) is 24.9 Å². The Bertz CT molecular complexity index is 788. The third-order valence-corrected chi connectivity index (χ3v) is 4.11. The summed E-state index contributed by atoms with van der Waals surface area (Å²) in [4.78, 5) is 24.2. The van der Waals surface area contributed by atoms with Crippen molar-refractivity contribution in [3.8, 4) is 0 Å². The van der Waals surface area contributed by atoms with Gasteiger partial charge in [0.25, 0.3) is 5.91 Å². The number of hydrogen-bond donors (Lipinski definition) is 2. The number of nitrogens with two attached hydrogens (primary N) is 1. The monoisotopic (exact) mass is 314 g/mol. The zero-order valence-corrected chi connectivity index (χ0v) is 12.5. The molecule has 0 fully saturated rings. The summed E-state index contributed by atoms with van der Waals surface area (Å²) in [5.74, 6) is 5.59. The van der Waals surface area contributed by atoms with E-state index < -0.39 is 0 Å². The molecule has 2 aromatic heterocycles. The standard InChI is InChI=1S/C14H14N6OS/c15-19-11(21)6-20-9-18-12-13(20)16-8-17-14(12)22-7-10-4-2-1-3-5-10/h1-5,8-9H,6-7,15H2,(H,19,21). The van der Waals surface area contributed by atoms with Gasteiger partial charge in [-0.15, -0.1) is 0 Å². The fourth-order valence-electron chi connectivity index (χ4n) is 2.01. The lowest BCUT2D eigenvalue weighted by Gasteiger charge is -2.04. The van der Waals surface area contributed by atoms with Gasteiger partial charge >= 0.3 is 0 Å². The molecule has 112 valence electrons. The van der Waals surface area contributed by atoms with Gasteiger partial charge in [0.05, 0.1) is 6.33 Å². The number of hydrazine groups is 1. The Morgan fingerprint density at radius 2 is 2.05 bits per heavy atom. The van der Waals surface area contributed by atoms with Crippen LogP contribution in [0.3, 0.4) is 0 Å². The smallest absolute Gasteiger partial charge is 0.253 e. The SMILES string of the molecule is NNC(=O)Cn1cnc2c(SCc3ccccc3)ncnc21. The summed E-state index contributed by atoms with van der Waals surface area (Å²) < 4.78 is 1.64. The van der Waals surface area contributed by atoms with Gasteiger partial charge in [0.2, 0.25) is 0 Å². The summed E-state index contributed by atoms with van der Waals surface area (Å²) in [7, 11) is 0. The van der Waals surface area contributed by atoms with Crippen molar-refractivity contribution in [3.05, 3.63) is 48.5 Å². The molecule has 0 atom stereocenters. The molecule has 0 radical (unpaired) electrons. The van der Waals surface area contributed by atoms with Crippen LogP contribution < -0.4 is 11.3 Å². The van der Waals surface area contributed by atoms with Crippen LogP contribution in [0.1, 0.15) is 5.56 Å². The highest BCUT2D eigenvalue weighted by Gasteiger charge is 2.12. The topological polar surface area (TPSA) is 98.7 Å². The van der Waals surface area contributed by atoms with Crippen molar-refractivity contribution >= 4 is 28.8 Å². The Labute approximate surface area is 130 Å². The zero-order chi connectivity index (χ0) is 15.4. The zero-order valence-electron chi connectivity index (χ0n) is 11.6. The maximum absolute atomic E-state index is 11.4. The first-order valence-corrected chi connectivity index (χ1v) is 7.58. The van der Waals surface area contributed by atoms with E-state index in [9.17, 15) is 4.79 Å². The van der Waals surface area contributed by atoms with Gasteiger partial charge in [-0.05, 0) is 5.56 Å². The molecule has 0 saturated heterocycles. The van der Waals surface area contributed by atoms with Gasteiger partial charge in [0, 0.05) is 5.75 Å². The minimum Gasteiger partial charge on any atom is -0.306 e. The van der Waals surface area contributed by atoms with E-state index in [0.29, 0.717) is 11.2 Å². The van der Waals surface area contributed by atoms with Crippen LogP contribution in [0.5, 0.6) is 0 Å². The minimum atomic E-state index is -0.309. The average molecular weight is 314 g/mol. The van der Waals surface area contributed by atoms with E-state index in [4.69, 9.17) is 5.84 Å². The molecule has 0 spiro atoms. The summed E-state index contributed by atoms with van der Waals surface area (Å²) in [6, 6.07) is 10.1. The number of fused-ring (bicyclic) bond motifs is 1. The number of benzene rings is 1. The molecule has 1 aromatic carbocycles. The summed E-state index contributed by atoms with van der Waals surface area (Å²) >= 11 is 1.59. The molecular weight excluding hydrogens is 300 g/mol. The van der Waals surface area contributed by atoms with Crippen LogP contribution >= 0.6 is 11.8 Å². The van der Waals surface area contributed by atoms with Gasteiger partial charge in [0.15, 0.2) is 5.65 Å². The van der Waals surface area contributed by atoms with E-state index in [0.717, 1.165) is 10.8 Å². The lowest BCUT2D eigenvalue weighted by molar-refractivity contribution is -0.121. The molecule has 0 aliphatic heterocycles. The summed E-state index contributed by atoms with van der Waals surface area (Å²) in [5.41, 5.74) is 4.61. The molecule has 0 bridgehead atoms. The number of imidazole rings is 1. The number of thioether (sulfide) groups is 1. The molecule has 8 heteroatoms. The van der Waals surface area contributed by atoms with E-state index in [1.54, 1.807) is 22.7 Å². The van der Waals surface area contributed by atoms with E-state index >= 15 is 0 Å². The van der Waals surface area contributed by atoms with Crippen LogP contribution in [0.2, 0.25) is 0 Å². The third kappa shape index (κ3) is 3.07. The Balaban J connectivity index is 1.83. The molecule has 0 aliphatic carbocycles. The van der Waals surface area contributed by atoms with Crippen molar-refractivity contribution in [2.45, 2.75) is 17.3 Å². The fraction of sp³-hybridized carbons (Fsp3) is 0.143. The highest BCUT2D eigenvalue weighted by molar-refractivity contribution is 7.98. The predicted molar refractivity (Wildman–Crippen MR) is 83.7 cm³/mol. The Kier molecular flexibility index (Phi) is 4.31. The number of carbonyl (C=O) groups excluding carboxylic acids is 1. The first-order chi connectivity index (χ1) is 10.8. The van der Waals surface area contributed by atoms with Crippen molar-refractivity contribution in [2.75, 3.05) is 0 Å². The second-order valence-electron chi connectivity index (χ2n) is 4.57. The van der Waals surface area contributed by atoms with Crippen LogP contribution in [0.25, 0.3) is 11.2 Å². The number of aromatic nitrogens is 4. The minimum absolute atomic E-state index is 0.0762. The number of amides is 1. The van der Waals surface area contributed by atoms with Crippen LogP contribution in [0.15, 0.2) is 48.0 Å². The van der Waals surface area contributed by atoms with Crippen molar-refractivity contribution in [2.24, 2.45) is 5.84 Å². The van der Waals surface area contributed by atoms with Gasteiger partial charge in [-0.2, -0.15) is 0 Å². The van der Waals surface area contributed by atoms with Gasteiger partial charge in [0.1, 0.15) is 23.4 Å². The van der Waals surface area contributed by atoms with Crippen molar-refractivity contribution < 1.29 is 4.79 Å². The molecule has 7 nitrogen and oxygen atoms in total. The maximum Gasteiger partial charge on any atom is 0.253 e. The Morgan fingerprint density at radius 3 is 2.82 bits per heavy atom. The van der Waals surface area contributed by atoms with Gasteiger partial charge in [-0.3, -0.25) is 10.2 Å². The summed E-state index contributed by atoms with van der Waals surface area (Å²) in [5, 5.41) is 0.792. The number of carbonyl (C=O) groups is 1. The molecule has 3 N–H and O–H groups in total. The molecule has 1 amide bonds. The third-order valence-electron chi connectivity index (χ3n) is 3.06. The first kappa shape index (κ1) is 14.5. The normalized spacial score (nSPS) is 10.8. The van der Waals surface area contributed by atoms with E-state index in [1.807, 2.05) is 18.2 Å². The molecule has 22 heavy (non-hydrogen) atoms. The number of hydrogen-bond acceptors (Lipinski definition) is 6. The van der Waals surface area contributed by atoms with Crippen LogP contribution in [-0.4, -0.2) is 25.4 Å². The van der Waals surface area contributed by atoms with Gasteiger partial charge in [-0.25, -0.2) is 20.8 Å². The number of nitrogens with one attached hydrogen (secondary N) is 1. The highest BCUT2D eigenvalue weighted by atomic mass is 32.2. The quantitative estimate of drug-likeness (QED) is 0.241. The number of rotatable bonds is 5. The highest BCUT2D eigenvalue weighted by Crippen LogP contribution is 2.26. The molecule has 2 heterocycles. The Hall–Kier alpha value is -2.45. The van der Waals surface area contributed by atoms with E-state index in [1.165, 1.54) is 11.9 Å². The lowest BCUT2D eigenvalue weighted by Crippen LogP contribution is -2.33. The molecule has 3 aromatic rings. The second-order valence-corrected chi connectivity index (χ2v) is 5.53. The van der Waals surface area contributed by atoms with Crippen molar-refractivity contribution in [1.29, 1.82) is 0 Å². The first-order valence-electron chi connectivity index (χ1n) is 6.60. The molecule has 0 aliphatic rings. The lowest BCUT2D eigenvalue weighted by atomic mass is 10.2. The summed E-state index contributed by atoms with van der Waals surface area (Å²) in [6.45, 7) is 0.0762. The largest absolute Gasteiger partial charge is 0.306 e. The predicted octanol–water partition coefficient (Wildman–Crippen LogP) is 1.11. The van der Waals surface area contributed by atoms with Gasteiger partial charge in [-0.1, -0.05) is 42.1 Å². The van der Waals surface area contributed by atoms with Crippen LogP contribution in [0, 0.1) is 0 Å². The molecule has 3 rings (SSSR count). The van der Waals surface area contributed by atoms with Gasteiger partial charge < -0.3 is 4.57 Å². The van der Waals surface area contributed by atoms with E-state index in [2.05, 4.69) is 32.5 Å². The van der Waals surface area contributed by atoms with E-state index in [-0.39, 0.29) is 12.5 Å². The molecule has 0 saturated carbocycles. The molecular formula is C14H14N6OS.